The highest BCUT2D eigenvalue weighted by Crippen LogP contribution is 2.32. The van der Waals surface area contributed by atoms with Gasteiger partial charge in [0.2, 0.25) is 5.96 Å². The predicted molar refractivity (Wildman–Crippen MR) is 117 cm³/mol. The first kappa shape index (κ1) is 19.5. The summed E-state index contributed by atoms with van der Waals surface area (Å²) in [5, 5.41) is 0. The fourth-order valence-electron chi connectivity index (χ4n) is 4.42. The van der Waals surface area contributed by atoms with Crippen LogP contribution in [0.5, 0.6) is 0 Å². The van der Waals surface area contributed by atoms with Gasteiger partial charge in [-0.1, -0.05) is 52.3 Å². The van der Waals surface area contributed by atoms with E-state index in [9.17, 15) is 9.18 Å². The van der Waals surface area contributed by atoms with Crippen LogP contribution in [0.3, 0.4) is 0 Å². The molecular formula is C23H22BrFN4O. The van der Waals surface area contributed by atoms with Crippen LogP contribution in [-0.4, -0.2) is 52.7 Å². The summed E-state index contributed by atoms with van der Waals surface area (Å²) < 4.78 is 15.4. The van der Waals surface area contributed by atoms with Gasteiger partial charge in [0.05, 0.1) is 18.7 Å². The number of carbonyl (C=O) groups excluding carboxylic acids is 1. The average Bonchev–Trinajstić information content (AvgIpc) is 3.24. The fraction of sp³-hybridized carbons (Fsp3) is 0.304. The Kier molecular flexibility index (Phi) is 5.16. The molecule has 30 heavy (non-hydrogen) atoms. The summed E-state index contributed by atoms with van der Waals surface area (Å²) in [6.45, 7) is 3.90. The van der Waals surface area contributed by atoms with E-state index in [0.717, 1.165) is 41.8 Å². The van der Waals surface area contributed by atoms with Crippen molar-refractivity contribution in [1.29, 1.82) is 0 Å². The Hall–Kier alpha value is -2.51. The second kappa shape index (κ2) is 7.96. The van der Waals surface area contributed by atoms with Gasteiger partial charge in [-0.3, -0.25) is 19.6 Å². The monoisotopic (exact) mass is 468 g/mol. The number of amides is 1. The number of guanidine groups is 1. The highest BCUT2D eigenvalue weighted by molar-refractivity contribution is 9.10. The second-order valence-corrected chi connectivity index (χ2v) is 8.65. The van der Waals surface area contributed by atoms with Crippen molar-refractivity contribution in [2.24, 2.45) is 4.99 Å². The summed E-state index contributed by atoms with van der Waals surface area (Å²) in [6, 6.07) is 14.8. The molecule has 5 nitrogen and oxygen atoms in total. The number of rotatable bonds is 4. The Balaban J connectivity index is 1.42. The summed E-state index contributed by atoms with van der Waals surface area (Å²) in [5.74, 6) is 0.317. The van der Waals surface area contributed by atoms with E-state index in [1.807, 2.05) is 18.2 Å². The first-order valence-corrected chi connectivity index (χ1v) is 11.0. The molecule has 3 aliphatic rings. The van der Waals surface area contributed by atoms with Crippen LogP contribution in [0.2, 0.25) is 0 Å². The molecule has 0 unspecified atom stereocenters. The molecule has 0 aliphatic carbocycles. The van der Waals surface area contributed by atoms with E-state index in [1.54, 1.807) is 23.1 Å². The van der Waals surface area contributed by atoms with E-state index in [4.69, 9.17) is 0 Å². The van der Waals surface area contributed by atoms with Gasteiger partial charge in [-0.25, -0.2) is 4.39 Å². The number of aliphatic imine (C=N–C) groups is 1. The van der Waals surface area contributed by atoms with E-state index in [2.05, 4.69) is 36.8 Å². The molecule has 154 valence electrons. The van der Waals surface area contributed by atoms with Crippen molar-refractivity contribution in [3.8, 4) is 0 Å². The Morgan fingerprint density at radius 3 is 2.57 bits per heavy atom. The molecule has 2 aromatic carbocycles. The van der Waals surface area contributed by atoms with Crippen molar-refractivity contribution in [1.82, 2.24) is 14.7 Å². The van der Waals surface area contributed by atoms with Gasteiger partial charge in [0.15, 0.2) is 0 Å². The normalized spacial score (nSPS) is 19.1. The van der Waals surface area contributed by atoms with Crippen LogP contribution in [0.25, 0.3) is 0 Å². The molecule has 0 radical (unpaired) electrons. The van der Waals surface area contributed by atoms with E-state index >= 15 is 0 Å². The molecule has 0 bridgehead atoms. The van der Waals surface area contributed by atoms with E-state index in [1.165, 1.54) is 11.6 Å². The number of fused-ring (bicyclic) bond motifs is 2. The summed E-state index contributed by atoms with van der Waals surface area (Å²) in [5.41, 5.74) is 3.61. The lowest BCUT2D eigenvalue weighted by Crippen LogP contribution is -2.53. The molecule has 3 heterocycles. The van der Waals surface area contributed by atoms with E-state index in [-0.39, 0.29) is 18.3 Å². The highest BCUT2D eigenvalue weighted by atomic mass is 79.9. The van der Waals surface area contributed by atoms with Crippen molar-refractivity contribution in [3.05, 3.63) is 81.2 Å². The predicted octanol–water partition coefficient (Wildman–Crippen LogP) is 3.76. The molecule has 7 heteroatoms. The van der Waals surface area contributed by atoms with Gasteiger partial charge in [0.25, 0.3) is 5.91 Å². The fourth-order valence-corrected chi connectivity index (χ4v) is 4.83. The SMILES string of the molecule is O=C1C2=C(CCN(Cc3ccccc3Br)C2)N2CCN=C2N1Cc1ccccc1F. The Labute approximate surface area is 183 Å². The second-order valence-electron chi connectivity index (χ2n) is 7.79. The third-order valence-electron chi connectivity index (χ3n) is 5.92. The summed E-state index contributed by atoms with van der Waals surface area (Å²) in [4.78, 5) is 24.2. The standard InChI is InChI=1S/C23H22BrFN4O/c24-19-7-3-1-5-16(19)13-27-11-9-21-18(15-27)22(30)29(23-26-10-12-28(21)23)14-17-6-2-4-8-20(17)25/h1-8H,9-15H2. The first-order chi connectivity index (χ1) is 14.6. The minimum absolute atomic E-state index is 0.0537. The third kappa shape index (κ3) is 3.46. The highest BCUT2D eigenvalue weighted by Gasteiger charge is 2.41. The smallest absolute Gasteiger partial charge is 0.259 e. The third-order valence-corrected chi connectivity index (χ3v) is 6.70. The number of halogens is 2. The van der Waals surface area contributed by atoms with Gasteiger partial charge in [-0.2, -0.15) is 0 Å². The average molecular weight is 469 g/mol. The van der Waals surface area contributed by atoms with Crippen LogP contribution in [0.1, 0.15) is 17.5 Å². The minimum atomic E-state index is -0.297. The zero-order chi connectivity index (χ0) is 20.7. The molecular weight excluding hydrogens is 447 g/mol. The lowest BCUT2D eigenvalue weighted by atomic mass is 10.00. The maximum Gasteiger partial charge on any atom is 0.259 e. The lowest BCUT2D eigenvalue weighted by Gasteiger charge is -2.42. The largest absolute Gasteiger partial charge is 0.314 e. The number of hydrogen-bond donors (Lipinski definition) is 0. The molecule has 0 aromatic heterocycles. The van der Waals surface area contributed by atoms with Crippen LogP contribution in [-0.2, 0) is 17.9 Å². The number of nitrogens with zero attached hydrogens (tertiary/aromatic N) is 4. The van der Waals surface area contributed by atoms with Crippen LogP contribution in [0, 0.1) is 5.82 Å². The van der Waals surface area contributed by atoms with Crippen molar-refractivity contribution in [2.75, 3.05) is 26.2 Å². The maximum absolute atomic E-state index is 14.3. The molecule has 0 spiro atoms. The Morgan fingerprint density at radius 1 is 1.00 bits per heavy atom. The molecule has 5 rings (SSSR count). The minimum Gasteiger partial charge on any atom is -0.314 e. The topological polar surface area (TPSA) is 39.2 Å². The zero-order valence-corrected chi connectivity index (χ0v) is 18.1. The molecule has 2 aromatic rings. The van der Waals surface area contributed by atoms with Crippen molar-refractivity contribution in [3.63, 3.8) is 0 Å². The van der Waals surface area contributed by atoms with Crippen LogP contribution >= 0.6 is 15.9 Å². The van der Waals surface area contributed by atoms with Gasteiger partial charge < -0.3 is 4.90 Å². The maximum atomic E-state index is 14.3. The first-order valence-electron chi connectivity index (χ1n) is 10.2. The van der Waals surface area contributed by atoms with Gasteiger partial charge in [0, 0.05) is 48.3 Å². The quantitative estimate of drug-likeness (QED) is 0.685. The van der Waals surface area contributed by atoms with Crippen molar-refractivity contribution in [2.45, 2.75) is 19.5 Å². The Morgan fingerprint density at radius 2 is 1.77 bits per heavy atom. The lowest BCUT2D eigenvalue weighted by molar-refractivity contribution is -0.125. The van der Waals surface area contributed by atoms with E-state index < -0.39 is 0 Å². The molecule has 0 saturated heterocycles. The Bertz CT molecular complexity index is 1070. The van der Waals surface area contributed by atoms with E-state index in [0.29, 0.717) is 24.6 Å². The number of carbonyl (C=O) groups is 1. The van der Waals surface area contributed by atoms with Gasteiger partial charge >= 0.3 is 0 Å². The van der Waals surface area contributed by atoms with Gasteiger partial charge in [-0.15, -0.1) is 0 Å². The van der Waals surface area contributed by atoms with Crippen LogP contribution in [0.4, 0.5) is 4.39 Å². The van der Waals surface area contributed by atoms with Gasteiger partial charge in [-0.05, 0) is 17.7 Å². The summed E-state index contributed by atoms with van der Waals surface area (Å²) in [7, 11) is 0. The van der Waals surface area contributed by atoms with Crippen molar-refractivity contribution >= 4 is 27.8 Å². The van der Waals surface area contributed by atoms with Crippen molar-refractivity contribution < 1.29 is 9.18 Å². The van der Waals surface area contributed by atoms with Crippen LogP contribution in [0.15, 0.2) is 69.3 Å². The molecule has 1 amide bonds. The summed E-state index contributed by atoms with van der Waals surface area (Å²) in [6.07, 6.45) is 0.818. The zero-order valence-electron chi connectivity index (χ0n) is 16.5. The number of hydrogen-bond acceptors (Lipinski definition) is 4. The molecule has 0 saturated carbocycles. The molecule has 3 aliphatic heterocycles. The summed E-state index contributed by atoms with van der Waals surface area (Å²) >= 11 is 3.62. The van der Waals surface area contributed by atoms with Gasteiger partial charge in [0.1, 0.15) is 5.82 Å². The molecule has 0 atom stereocenters. The molecule has 0 N–H and O–H groups in total. The molecule has 0 fully saturated rings. The van der Waals surface area contributed by atoms with Crippen LogP contribution < -0.4 is 0 Å². The number of benzene rings is 2.